The highest BCUT2D eigenvalue weighted by Crippen LogP contribution is 2.42. The number of fused-ring (bicyclic) bond motifs is 1. The van der Waals surface area contributed by atoms with Crippen molar-refractivity contribution in [2.24, 2.45) is 0 Å². The molecule has 0 unspecified atom stereocenters. The lowest BCUT2D eigenvalue weighted by atomic mass is 9.85. The Morgan fingerprint density at radius 2 is 1.61 bits per heavy atom. The van der Waals surface area contributed by atoms with E-state index >= 15 is 0 Å². The summed E-state index contributed by atoms with van der Waals surface area (Å²) in [5.74, 6) is -0.277. The zero-order valence-electron chi connectivity index (χ0n) is 17.6. The zero-order chi connectivity index (χ0) is 21.4. The minimum Gasteiger partial charge on any atom is -0.296 e. The van der Waals surface area contributed by atoms with Crippen molar-refractivity contribution in [2.75, 3.05) is 26.2 Å². The number of piperazine rings is 1. The third kappa shape index (κ3) is 3.26. The molecule has 3 heterocycles. The largest absolute Gasteiger partial charge is 0.296 e. The number of pyridine rings is 1. The van der Waals surface area contributed by atoms with Crippen molar-refractivity contribution in [2.45, 2.75) is 25.4 Å². The second-order valence-corrected chi connectivity index (χ2v) is 9.16. The summed E-state index contributed by atoms with van der Waals surface area (Å²) in [6.45, 7) is 5.86. The Morgan fingerprint density at radius 1 is 0.903 bits per heavy atom. The van der Waals surface area contributed by atoms with E-state index in [1.54, 1.807) is 23.5 Å². The third-order valence-corrected chi connectivity index (χ3v) is 7.28. The van der Waals surface area contributed by atoms with Crippen LogP contribution in [0.5, 0.6) is 0 Å². The molecular weight excluding hydrogens is 406 g/mol. The number of ketones is 2. The topological polar surface area (TPSA) is 53.5 Å². The quantitative estimate of drug-likeness (QED) is 0.575. The lowest BCUT2D eigenvalue weighted by molar-refractivity contribution is 0.0268. The number of aryl methyl sites for hydroxylation is 1. The van der Waals surface area contributed by atoms with Gasteiger partial charge in [-0.25, -0.2) is 0 Å². The SMILES string of the molecule is CCc1cccc(C2(N3CCN(Cc4cccs4)CC3)C(=O)c3ccccc3C2=O)n1. The molecule has 31 heavy (non-hydrogen) atoms. The number of aromatic nitrogens is 1. The average Bonchev–Trinajstić information content (AvgIpc) is 3.40. The highest BCUT2D eigenvalue weighted by molar-refractivity contribution is 7.09. The van der Waals surface area contributed by atoms with E-state index in [0.717, 1.165) is 31.7 Å². The molecule has 5 nitrogen and oxygen atoms in total. The Bertz CT molecular complexity index is 1080. The number of rotatable bonds is 5. The van der Waals surface area contributed by atoms with E-state index in [2.05, 4.69) is 27.3 Å². The number of carbonyl (C=O) groups is 2. The van der Waals surface area contributed by atoms with Gasteiger partial charge < -0.3 is 0 Å². The molecule has 1 fully saturated rings. The molecule has 0 bridgehead atoms. The fourth-order valence-corrected chi connectivity index (χ4v) is 5.54. The molecule has 0 amide bonds. The summed E-state index contributed by atoms with van der Waals surface area (Å²) in [6, 6.07) is 17.1. The van der Waals surface area contributed by atoms with Crippen LogP contribution >= 0.6 is 11.3 Å². The molecule has 2 aromatic heterocycles. The fraction of sp³-hybridized carbons (Fsp3) is 0.320. The van der Waals surface area contributed by atoms with Crippen molar-refractivity contribution in [1.82, 2.24) is 14.8 Å². The molecule has 158 valence electrons. The second-order valence-electron chi connectivity index (χ2n) is 8.12. The normalized spacial score (nSPS) is 19.0. The summed E-state index contributed by atoms with van der Waals surface area (Å²) in [5, 5.41) is 2.10. The van der Waals surface area contributed by atoms with Gasteiger partial charge >= 0.3 is 0 Å². The molecule has 1 aliphatic heterocycles. The van der Waals surface area contributed by atoms with E-state index < -0.39 is 5.54 Å². The molecule has 1 saturated heterocycles. The van der Waals surface area contributed by atoms with E-state index in [-0.39, 0.29) is 11.6 Å². The van der Waals surface area contributed by atoms with Gasteiger partial charge in [0.2, 0.25) is 0 Å². The van der Waals surface area contributed by atoms with Crippen LogP contribution in [-0.4, -0.2) is 52.5 Å². The molecule has 3 aromatic rings. The first kappa shape index (κ1) is 20.2. The Morgan fingerprint density at radius 3 is 2.23 bits per heavy atom. The summed E-state index contributed by atoms with van der Waals surface area (Å²) < 4.78 is 0. The Balaban J connectivity index is 1.52. The van der Waals surface area contributed by atoms with Crippen molar-refractivity contribution >= 4 is 22.9 Å². The van der Waals surface area contributed by atoms with Gasteiger partial charge in [-0.1, -0.05) is 43.3 Å². The summed E-state index contributed by atoms with van der Waals surface area (Å²) in [5.41, 5.74) is 1.12. The minimum atomic E-state index is -1.36. The van der Waals surface area contributed by atoms with Crippen LogP contribution in [-0.2, 0) is 18.5 Å². The second kappa shape index (κ2) is 8.11. The van der Waals surface area contributed by atoms with Gasteiger partial charge in [0, 0.05) is 54.4 Å². The van der Waals surface area contributed by atoms with Gasteiger partial charge in [0.05, 0.1) is 5.69 Å². The summed E-state index contributed by atoms with van der Waals surface area (Å²) in [7, 11) is 0. The maximum absolute atomic E-state index is 13.9. The lowest BCUT2D eigenvalue weighted by Crippen LogP contribution is -2.60. The standard InChI is InChI=1S/C25H25N3O2S/c1-2-18-7-5-11-22(26-18)25(23(29)20-9-3-4-10-21(20)24(25)30)28-14-12-27(13-15-28)17-19-8-6-16-31-19/h3-11,16H,2,12-15,17H2,1H3. The van der Waals surface area contributed by atoms with Gasteiger partial charge in [0.15, 0.2) is 17.1 Å². The maximum Gasteiger partial charge on any atom is 0.198 e. The highest BCUT2D eigenvalue weighted by Gasteiger charge is 2.59. The number of benzene rings is 1. The van der Waals surface area contributed by atoms with E-state index in [0.29, 0.717) is 29.9 Å². The van der Waals surface area contributed by atoms with Crippen LogP contribution in [0.25, 0.3) is 0 Å². The number of Topliss-reactive ketones (excluding diaryl/α,β-unsaturated/α-hetero) is 2. The summed E-state index contributed by atoms with van der Waals surface area (Å²) in [4.78, 5) is 38.3. The van der Waals surface area contributed by atoms with Crippen molar-refractivity contribution in [3.63, 3.8) is 0 Å². The molecule has 1 aliphatic carbocycles. The van der Waals surface area contributed by atoms with Crippen LogP contribution in [0.4, 0.5) is 0 Å². The molecule has 2 aliphatic rings. The number of thiophene rings is 1. The fourth-order valence-electron chi connectivity index (χ4n) is 4.80. The number of hydrogen-bond acceptors (Lipinski definition) is 6. The van der Waals surface area contributed by atoms with Gasteiger partial charge in [0.1, 0.15) is 0 Å². The molecule has 6 heteroatoms. The van der Waals surface area contributed by atoms with Crippen molar-refractivity contribution in [3.05, 3.63) is 87.4 Å². The van der Waals surface area contributed by atoms with Gasteiger partial charge in [-0.15, -0.1) is 11.3 Å². The molecule has 0 saturated carbocycles. The monoisotopic (exact) mass is 431 g/mol. The van der Waals surface area contributed by atoms with Crippen LogP contribution < -0.4 is 0 Å². The van der Waals surface area contributed by atoms with Crippen molar-refractivity contribution < 1.29 is 9.59 Å². The number of hydrogen-bond donors (Lipinski definition) is 0. The van der Waals surface area contributed by atoms with Crippen LogP contribution in [0.15, 0.2) is 60.0 Å². The molecule has 5 rings (SSSR count). The zero-order valence-corrected chi connectivity index (χ0v) is 18.4. The lowest BCUT2D eigenvalue weighted by Gasteiger charge is -2.43. The third-order valence-electron chi connectivity index (χ3n) is 6.42. The van der Waals surface area contributed by atoms with E-state index in [4.69, 9.17) is 4.98 Å². The Hall–Kier alpha value is -2.67. The van der Waals surface area contributed by atoms with E-state index in [9.17, 15) is 9.59 Å². The predicted octanol–water partition coefficient (Wildman–Crippen LogP) is 3.80. The van der Waals surface area contributed by atoms with Crippen LogP contribution in [0.3, 0.4) is 0 Å². The first-order valence-corrected chi connectivity index (χ1v) is 11.7. The van der Waals surface area contributed by atoms with Crippen molar-refractivity contribution in [3.8, 4) is 0 Å². The first-order valence-electron chi connectivity index (χ1n) is 10.8. The number of nitrogens with zero attached hydrogens (tertiary/aromatic N) is 3. The Kier molecular flexibility index (Phi) is 5.30. The molecule has 0 N–H and O–H groups in total. The van der Waals surface area contributed by atoms with Gasteiger partial charge in [-0.3, -0.25) is 24.4 Å². The Labute approximate surface area is 186 Å². The van der Waals surface area contributed by atoms with E-state index in [1.165, 1.54) is 4.88 Å². The summed E-state index contributed by atoms with van der Waals surface area (Å²) >= 11 is 1.76. The van der Waals surface area contributed by atoms with Crippen LogP contribution in [0, 0.1) is 0 Å². The van der Waals surface area contributed by atoms with Gasteiger partial charge in [0.25, 0.3) is 0 Å². The molecule has 0 atom stereocenters. The first-order chi connectivity index (χ1) is 15.1. The van der Waals surface area contributed by atoms with Crippen molar-refractivity contribution in [1.29, 1.82) is 0 Å². The average molecular weight is 432 g/mol. The maximum atomic E-state index is 13.9. The minimum absolute atomic E-state index is 0.138. The predicted molar refractivity (Wildman–Crippen MR) is 122 cm³/mol. The van der Waals surface area contributed by atoms with Gasteiger partial charge in [-0.2, -0.15) is 0 Å². The van der Waals surface area contributed by atoms with Gasteiger partial charge in [-0.05, 0) is 30.0 Å². The van der Waals surface area contributed by atoms with Crippen LogP contribution in [0.2, 0.25) is 0 Å². The van der Waals surface area contributed by atoms with E-state index in [1.807, 2.05) is 37.3 Å². The number of carbonyl (C=O) groups excluding carboxylic acids is 2. The molecule has 1 aromatic carbocycles. The smallest absolute Gasteiger partial charge is 0.198 e. The van der Waals surface area contributed by atoms with Crippen LogP contribution in [0.1, 0.15) is 43.9 Å². The highest BCUT2D eigenvalue weighted by atomic mass is 32.1. The molecular formula is C25H25N3O2S. The molecule has 0 spiro atoms. The molecule has 0 radical (unpaired) electrons. The summed E-state index contributed by atoms with van der Waals surface area (Å²) in [6.07, 6.45) is 0.758.